The number of nitrogens with one attached hydrogen (secondary N) is 1. The molecule has 1 aliphatic rings. The number of pyridine rings is 1. The summed E-state index contributed by atoms with van der Waals surface area (Å²) in [5, 5.41) is 3.45. The highest BCUT2D eigenvalue weighted by atomic mass is 16.2. The number of benzene rings is 1. The maximum Gasteiger partial charge on any atom is 0.256 e. The molecule has 1 aliphatic carbocycles. The summed E-state index contributed by atoms with van der Waals surface area (Å²) < 4.78 is 1.79. The zero-order chi connectivity index (χ0) is 16.4. The molecule has 1 amide bonds. The second kappa shape index (κ2) is 6.44. The molecule has 0 aliphatic heterocycles. The Kier molecular flexibility index (Phi) is 4.37. The maximum absolute atomic E-state index is 12.7. The quantitative estimate of drug-likeness (QED) is 0.661. The molecule has 0 saturated heterocycles. The molecular weight excluding hydrogens is 290 g/mol. The summed E-state index contributed by atoms with van der Waals surface area (Å²) in [5.74, 6) is -0.289. The topological polar surface area (TPSA) is 77.1 Å². The average molecular weight is 313 g/mol. The lowest BCUT2D eigenvalue weighted by atomic mass is 10.1. The molecule has 0 atom stereocenters. The van der Waals surface area contributed by atoms with Crippen LogP contribution in [-0.4, -0.2) is 16.5 Å². The lowest BCUT2D eigenvalue weighted by molar-refractivity contribution is 0.0932. The van der Waals surface area contributed by atoms with Gasteiger partial charge in [-0.25, -0.2) is 0 Å². The summed E-state index contributed by atoms with van der Waals surface area (Å²) in [6.07, 6.45) is 8.29. The van der Waals surface area contributed by atoms with Crippen molar-refractivity contribution in [3.05, 3.63) is 40.2 Å². The van der Waals surface area contributed by atoms with Gasteiger partial charge in [-0.1, -0.05) is 31.7 Å². The van der Waals surface area contributed by atoms with Crippen LogP contribution in [0.25, 0.3) is 10.9 Å². The van der Waals surface area contributed by atoms with E-state index in [1.807, 2.05) is 19.2 Å². The van der Waals surface area contributed by atoms with Gasteiger partial charge < -0.3 is 15.6 Å². The van der Waals surface area contributed by atoms with Crippen LogP contribution >= 0.6 is 0 Å². The van der Waals surface area contributed by atoms with Gasteiger partial charge in [-0.15, -0.1) is 0 Å². The first kappa shape index (κ1) is 15.6. The van der Waals surface area contributed by atoms with Gasteiger partial charge in [0.2, 0.25) is 5.43 Å². The number of fused-ring (bicyclic) bond motifs is 1. The van der Waals surface area contributed by atoms with Crippen LogP contribution in [0.5, 0.6) is 0 Å². The smallest absolute Gasteiger partial charge is 0.256 e. The van der Waals surface area contributed by atoms with Crippen molar-refractivity contribution < 1.29 is 4.79 Å². The van der Waals surface area contributed by atoms with E-state index in [1.54, 1.807) is 16.8 Å². The molecule has 3 N–H and O–H groups in total. The summed E-state index contributed by atoms with van der Waals surface area (Å²) in [6.45, 7) is 0. The van der Waals surface area contributed by atoms with Crippen LogP contribution < -0.4 is 16.5 Å². The molecule has 1 aromatic carbocycles. The van der Waals surface area contributed by atoms with Crippen molar-refractivity contribution in [2.45, 2.75) is 44.6 Å². The number of nitrogen functional groups attached to an aromatic ring is 1. The monoisotopic (exact) mass is 313 g/mol. The van der Waals surface area contributed by atoms with Crippen molar-refractivity contribution in [1.82, 2.24) is 9.88 Å². The molecule has 0 spiro atoms. The van der Waals surface area contributed by atoms with Crippen molar-refractivity contribution in [2.75, 3.05) is 5.73 Å². The number of aromatic nitrogens is 1. The SMILES string of the molecule is Cn1cc(C(=O)NC2CCCCCC2)c(=O)c2c(N)cccc21. The van der Waals surface area contributed by atoms with Gasteiger partial charge in [-0.05, 0) is 25.0 Å². The summed E-state index contributed by atoms with van der Waals surface area (Å²) in [5.41, 5.74) is 6.98. The van der Waals surface area contributed by atoms with E-state index in [9.17, 15) is 9.59 Å². The molecule has 3 rings (SSSR count). The van der Waals surface area contributed by atoms with Crippen LogP contribution in [-0.2, 0) is 7.05 Å². The van der Waals surface area contributed by atoms with E-state index < -0.39 is 0 Å². The molecule has 1 fully saturated rings. The standard InChI is InChI=1S/C18H23N3O2/c1-21-11-13(17(22)16-14(19)9-6-10-15(16)21)18(23)20-12-7-4-2-3-5-8-12/h6,9-12H,2-5,7-8,19H2,1H3,(H,20,23). The van der Waals surface area contributed by atoms with Gasteiger partial charge in [0, 0.05) is 25.0 Å². The number of rotatable bonds is 2. The lowest BCUT2D eigenvalue weighted by Gasteiger charge is -2.17. The molecule has 0 unspecified atom stereocenters. The van der Waals surface area contributed by atoms with Gasteiger partial charge in [0.25, 0.3) is 5.91 Å². The van der Waals surface area contributed by atoms with Gasteiger partial charge >= 0.3 is 0 Å². The first-order valence-corrected chi connectivity index (χ1v) is 8.26. The Morgan fingerprint density at radius 1 is 1.22 bits per heavy atom. The molecule has 5 heteroatoms. The Morgan fingerprint density at radius 2 is 1.91 bits per heavy atom. The number of aryl methyl sites for hydroxylation is 1. The first-order valence-electron chi connectivity index (χ1n) is 8.26. The minimum absolute atomic E-state index is 0.165. The van der Waals surface area contributed by atoms with E-state index in [2.05, 4.69) is 5.32 Å². The molecule has 1 aromatic heterocycles. The lowest BCUT2D eigenvalue weighted by Crippen LogP contribution is -2.37. The minimum atomic E-state index is -0.290. The van der Waals surface area contributed by atoms with Crippen LogP contribution in [0.15, 0.2) is 29.2 Å². The molecule has 1 heterocycles. The fraction of sp³-hybridized carbons (Fsp3) is 0.444. The predicted molar refractivity (Wildman–Crippen MR) is 92.6 cm³/mol. The Hall–Kier alpha value is -2.30. The Labute approximate surface area is 135 Å². The highest BCUT2D eigenvalue weighted by Gasteiger charge is 2.20. The third kappa shape index (κ3) is 3.09. The molecule has 23 heavy (non-hydrogen) atoms. The number of carbonyl (C=O) groups excluding carboxylic acids is 1. The molecule has 5 nitrogen and oxygen atoms in total. The molecule has 1 saturated carbocycles. The van der Waals surface area contributed by atoms with Crippen LogP contribution in [0, 0.1) is 0 Å². The highest BCUT2D eigenvalue weighted by molar-refractivity contribution is 6.00. The zero-order valence-corrected chi connectivity index (χ0v) is 13.5. The third-order valence-electron chi connectivity index (χ3n) is 4.68. The second-order valence-electron chi connectivity index (χ2n) is 6.39. The average Bonchev–Trinajstić information content (AvgIpc) is 2.79. The fourth-order valence-electron chi connectivity index (χ4n) is 3.40. The van der Waals surface area contributed by atoms with E-state index >= 15 is 0 Å². The highest BCUT2D eigenvalue weighted by Crippen LogP contribution is 2.19. The molecular formula is C18H23N3O2. The van der Waals surface area contributed by atoms with E-state index in [1.165, 1.54) is 12.8 Å². The maximum atomic E-state index is 12.7. The van der Waals surface area contributed by atoms with Crippen LogP contribution in [0.2, 0.25) is 0 Å². The van der Waals surface area contributed by atoms with Crippen molar-refractivity contribution in [1.29, 1.82) is 0 Å². The van der Waals surface area contributed by atoms with Crippen molar-refractivity contribution in [2.24, 2.45) is 7.05 Å². The van der Waals surface area contributed by atoms with Crippen molar-refractivity contribution in [3.63, 3.8) is 0 Å². The fourth-order valence-corrected chi connectivity index (χ4v) is 3.40. The number of nitrogens with zero attached hydrogens (tertiary/aromatic N) is 1. The Morgan fingerprint density at radius 3 is 2.61 bits per heavy atom. The van der Waals surface area contributed by atoms with Gasteiger partial charge in [-0.2, -0.15) is 0 Å². The number of hydrogen-bond donors (Lipinski definition) is 2. The summed E-state index contributed by atoms with van der Waals surface area (Å²) >= 11 is 0. The number of anilines is 1. The van der Waals surface area contributed by atoms with Crippen LogP contribution in [0.3, 0.4) is 0 Å². The van der Waals surface area contributed by atoms with E-state index in [-0.39, 0.29) is 22.9 Å². The normalized spacial score (nSPS) is 16.2. The number of hydrogen-bond acceptors (Lipinski definition) is 3. The van der Waals surface area contributed by atoms with Crippen LogP contribution in [0.4, 0.5) is 5.69 Å². The number of carbonyl (C=O) groups is 1. The predicted octanol–water partition coefficient (Wildman–Crippen LogP) is 2.57. The van der Waals surface area contributed by atoms with Crippen molar-refractivity contribution in [3.8, 4) is 0 Å². The van der Waals surface area contributed by atoms with Gasteiger partial charge in [-0.3, -0.25) is 9.59 Å². The molecule has 0 bridgehead atoms. The largest absolute Gasteiger partial charge is 0.398 e. The minimum Gasteiger partial charge on any atom is -0.398 e. The van der Waals surface area contributed by atoms with E-state index in [4.69, 9.17) is 5.73 Å². The van der Waals surface area contributed by atoms with E-state index in [0.717, 1.165) is 31.2 Å². The number of amides is 1. The van der Waals surface area contributed by atoms with Crippen molar-refractivity contribution >= 4 is 22.5 Å². The van der Waals surface area contributed by atoms with E-state index in [0.29, 0.717) is 11.1 Å². The Bertz CT molecular complexity index is 787. The van der Waals surface area contributed by atoms with Gasteiger partial charge in [0.15, 0.2) is 0 Å². The number of nitrogens with two attached hydrogens (primary N) is 1. The first-order chi connectivity index (χ1) is 11.1. The van der Waals surface area contributed by atoms with Gasteiger partial charge in [0.1, 0.15) is 5.56 Å². The summed E-state index contributed by atoms with van der Waals surface area (Å²) in [7, 11) is 1.82. The third-order valence-corrected chi connectivity index (χ3v) is 4.68. The Balaban J connectivity index is 1.96. The zero-order valence-electron chi connectivity index (χ0n) is 13.5. The molecule has 0 radical (unpaired) electrons. The summed E-state index contributed by atoms with van der Waals surface area (Å²) in [4.78, 5) is 25.3. The molecule has 2 aromatic rings. The molecule has 122 valence electrons. The van der Waals surface area contributed by atoms with Gasteiger partial charge in [0.05, 0.1) is 10.9 Å². The van der Waals surface area contributed by atoms with Crippen LogP contribution in [0.1, 0.15) is 48.9 Å². The second-order valence-corrected chi connectivity index (χ2v) is 6.39. The summed E-state index contributed by atoms with van der Waals surface area (Å²) in [6, 6.07) is 5.50.